The molecule has 1 saturated heterocycles. The second kappa shape index (κ2) is 7.26. The molecule has 0 unspecified atom stereocenters. The van der Waals surface area contributed by atoms with Crippen LogP contribution in [0.25, 0.3) is 21.9 Å². The molecule has 1 fully saturated rings. The Labute approximate surface area is 176 Å². The van der Waals surface area contributed by atoms with Crippen molar-refractivity contribution >= 4 is 43.7 Å². The summed E-state index contributed by atoms with van der Waals surface area (Å²) in [6.07, 6.45) is 3.97. The average molecular weight is 453 g/mol. The lowest BCUT2D eigenvalue weighted by Crippen LogP contribution is -2.37. The number of hydrogen-bond acceptors (Lipinski definition) is 3. The van der Waals surface area contributed by atoms with Crippen molar-refractivity contribution in [2.45, 2.75) is 18.8 Å². The molecule has 5 nitrogen and oxygen atoms in total. The van der Waals surface area contributed by atoms with E-state index in [-0.39, 0.29) is 5.91 Å². The Balaban J connectivity index is 1.32. The molecule has 5 rings (SSSR count). The topological polar surface area (TPSA) is 58.5 Å². The highest BCUT2D eigenvalue weighted by Gasteiger charge is 2.27. The number of furan rings is 1. The number of halogens is 1. The van der Waals surface area contributed by atoms with Gasteiger partial charge in [-0.1, -0.05) is 15.9 Å². The number of H-pyrrole nitrogens is 1. The quantitative estimate of drug-likeness (QED) is 0.433. The molecule has 1 aliphatic rings. The molecule has 0 atom stereocenters. The number of aromatic nitrogens is 1. The van der Waals surface area contributed by atoms with Gasteiger partial charge in [-0.25, -0.2) is 0 Å². The van der Waals surface area contributed by atoms with E-state index in [4.69, 9.17) is 9.15 Å². The second-order valence-electron chi connectivity index (χ2n) is 7.51. The summed E-state index contributed by atoms with van der Waals surface area (Å²) >= 11 is 3.46. The number of likely N-dealkylation sites (tertiary alicyclic amines) is 1. The molecule has 4 aromatic rings. The van der Waals surface area contributed by atoms with Crippen molar-refractivity contribution in [2.24, 2.45) is 0 Å². The van der Waals surface area contributed by atoms with Crippen molar-refractivity contribution in [3.63, 3.8) is 0 Å². The minimum absolute atomic E-state index is 0.0311. The normalized spacial score (nSPS) is 15.3. The molecule has 2 aromatic heterocycles. The molecule has 6 heteroatoms. The van der Waals surface area contributed by atoms with Crippen LogP contribution in [0.1, 0.15) is 34.9 Å². The SMILES string of the molecule is COc1ccc2[nH]cc(C3CCN(C(=O)c4cc5cc(Br)ccc5o4)CC3)c2c1. The summed E-state index contributed by atoms with van der Waals surface area (Å²) in [5.41, 5.74) is 3.16. The molecule has 3 heterocycles. The molecule has 0 saturated carbocycles. The fourth-order valence-corrected chi connectivity index (χ4v) is 4.63. The van der Waals surface area contributed by atoms with Crippen LogP contribution < -0.4 is 4.74 Å². The third-order valence-corrected chi connectivity index (χ3v) is 6.33. The first kappa shape index (κ1) is 18.3. The lowest BCUT2D eigenvalue weighted by molar-refractivity contribution is 0.0683. The van der Waals surface area contributed by atoms with Gasteiger partial charge in [0.15, 0.2) is 5.76 Å². The van der Waals surface area contributed by atoms with Gasteiger partial charge in [0.1, 0.15) is 11.3 Å². The number of methoxy groups -OCH3 is 1. The molecule has 0 radical (unpaired) electrons. The van der Waals surface area contributed by atoms with Gasteiger partial charge in [0.05, 0.1) is 7.11 Å². The van der Waals surface area contributed by atoms with Crippen molar-refractivity contribution in [1.29, 1.82) is 0 Å². The first-order valence-corrected chi connectivity index (χ1v) is 10.5. The van der Waals surface area contributed by atoms with E-state index in [0.29, 0.717) is 11.7 Å². The van der Waals surface area contributed by atoms with Gasteiger partial charge in [0.2, 0.25) is 0 Å². The molecule has 29 heavy (non-hydrogen) atoms. The maximum absolute atomic E-state index is 12.9. The molecule has 1 aliphatic heterocycles. The first-order chi connectivity index (χ1) is 14.1. The number of benzene rings is 2. The maximum atomic E-state index is 12.9. The molecule has 0 aliphatic carbocycles. The van der Waals surface area contributed by atoms with E-state index >= 15 is 0 Å². The molecule has 1 N–H and O–H groups in total. The summed E-state index contributed by atoms with van der Waals surface area (Å²) < 4.78 is 12.1. The van der Waals surface area contributed by atoms with E-state index in [1.165, 1.54) is 10.9 Å². The van der Waals surface area contributed by atoms with Gasteiger partial charge in [-0.15, -0.1) is 0 Å². The first-order valence-electron chi connectivity index (χ1n) is 9.76. The fraction of sp³-hybridized carbons (Fsp3) is 0.261. The van der Waals surface area contributed by atoms with E-state index in [1.807, 2.05) is 35.2 Å². The van der Waals surface area contributed by atoms with E-state index in [0.717, 1.165) is 52.6 Å². The highest BCUT2D eigenvalue weighted by atomic mass is 79.9. The Morgan fingerprint density at radius 3 is 2.79 bits per heavy atom. The van der Waals surface area contributed by atoms with Crippen LogP contribution in [0.15, 0.2) is 57.6 Å². The van der Waals surface area contributed by atoms with Crippen LogP contribution >= 0.6 is 15.9 Å². The fourth-order valence-electron chi connectivity index (χ4n) is 4.26. The number of ether oxygens (including phenoxy) is 1. The minimum Gasteiger partial charge on any atom is -0.497 e. The largest absolute Gasteiger partial charge is 0.497 e. The smallest absolute Gasteiger partial charge is 0.289 e. The van der Waals surface area contributed by atoms with E-state index in [2.05, 4.69) is 39.2 Å². The molecule has 0 bridgehead atoms. The Morgan fingerprint density at radius 1 is 1.17 bits per heavy atom. The average Bonchev–Trinajstić information content (AvgIpc) is 3.36. The summed E-state index contributed by atoms with van der Waals surface area (Å²) in [6.45, 7) is 1.45. The number of hydrogen-bond donors (Lipinski definition) is 1. The van der Waals surface area contributed by atoms with Crippen LogP contribution in [0.2, 0.25) is 0 Å². The van der Waals surface area contributed by atoms with Gasteiger partial charge in [-0.3, -0.25) is 4.79 Å². The van der Waals surface area contributed by atoms with Gasteiger partial charge in [0, 0.05) is 40.0 Å². The summed E-state index contributed by atoms with van der Waals surface area (Å²) in [6, 6.07) is 13.7. The van der Waals surface area contributed by atoms with Crippen LogP contribution in [-0.2, 0) is 0 Å². The predicted octanol–water partition coefficient (Wildman–Crippen LogP) is 5.71. The number of carbonyl (C=O) groups is 1. The summed E-state index contributed by atoms with van der Waals surface area (Å²) in [4.78, 5) is 18.2. The molecule has 148 valence electrons. The van der Waals surface area contributed by atoms with Gasteiger partial charge < -0.3 is 19.0 Å². The zero-order valence-electron chi connectivity index (χ0n) is 16.1. The van der Waals surface area contributed by atoms with Gasteiger partial charge in [0.25, 0.3) is 5.91 Å². The third kappa shape index (κ3) is 3.31. The van der Waals surface area contributed by atoms with Crippen molar-refractivity contribution in [3.8, 4) is 5.75 Å². The number of carbonyl (C=O) groups excluding carboxylic acids is 1. The summed E-state index contributed by atoms with van der Waals surface area (Å²) in [5.74, 6) is 1.67. The number of piperidine rings is 1. The number of fused-ring (bicyclic) bond motifs is 2. The van der Waals surface area contributed by atoms with E-state index in [1.54, 1.807) is 7.11 Å². The van der Waals surface area contributed by atoms with Crippen molar-refractivity contribution in [2.75, 3.05) is 20.2 Å². The Kier molecular flexibility index (Phi) is 4.59. The van der Waals surface area contributed by atoms with Crippen LogP contribution in [0, 0.1) is 0 Å². The standard InChI is InChI=1S/C23H21BrN2O3/c1-28-17-3-4-20-18(12-17)19(13-25-20)14-6-8-26(9-7-14)23(27)22-11-15-10-16(24)2-5-21(15)29-22/h2-5,10-14,25H,6-9H2,1H3. The highest BCUT2D eigenvalue weighted by Crippen LogP contribution is 2.35. The predicted molar refractivity (Wildman–Crippen MR) is 117 cm³/mol. The lowest BCUT2D eigenvalue weighted by Gasteiger charge is -2.31. The van der Waals surface area contributed by atoms with Gasteiger partial charge in [-0.05, 0) is 66.8 Å². The highest BCUT2D eigenvalue weighted by molar-refractivity contribution is 9.10. The van der Waals surface area contributed by atoms with Crippen molar-refractivity contribution < 1.29 is 13.9 Å². The monoisotopic (exact) mass is 452 g/mol. The van der Waals surface area contributed by atoms with Crippen LogP contribution in [0.5, 0.6) is 5.75 Å². The zero-order chi connectivity index (χ0) is 20.0. The number of amides is 1. The summed E-state index contributed by atoms with van der Waals surface area (Å²) in [5, 5.41) is 2.14. The molecule has 2 aromatic carbocycles. The van der Waals surface area contributed by atoms with Gasteiger partial charge >= 0.3 is 0 Å². The number of aromatic amines is 1. The number of nitrogens with zero attached hydrogens (tertiary/aromatic N) is 1. The van der Waals surface area contributed by atoms with Crippen LogP contribution in [0.4, 0.5) is 0 Å². The maximum Gasteiger partial charge on any atom is 0.289 e. The lowest BCUT2D eigenvalue weighted by atomic mass is 9.89. The second-order valence-corrected chi connectivity index (χ2v) is 8.43. The molecule has 0 spiro atoms. The van der Waals surface area contributed by atoms with Crippen LogP contribution in [0.3, 0.4) is 0 Å². The number of rotatable bonds is 3. The van der Waals surface area contributed by atoms with Crippen molar-refractivity contribution in [1.82, 2.24) is 9.88 Å². The number of nitrogens with one attached hydrogen (secondary N) is 1. The van der Waals surface area contributed by atoms with Gasteiger partial charge in [-0.2, -0.15) is 0 Å². The zero-order valence-corrected chi connectivity index (χ0v) is 17.7. The molecule has 1 amide bonds. The molecular formula is C23H21BrN2O3. The Hall–Kier alpha value is -2.73. The van der Waals surface area contributed by atoms with Crippen molar-refractivity contribution in [3.05, 3.63) is 64.5 Å². The summed E-state index contributed by atoms with van der Waals surface area (Å²) in [7, 11) is 1.69. The molecular weight excluding hydrogens is 432 g/mol. The van der Waals surface area contributed by atoms with E-state index in [9.17, 15) is 4.79 Å². The Morgan fingerprint density at radius 2 is 2.00 bits per heavy atom. The Bertz CT molecular complexity index is 1200. The third-order valence-electron chi connectivity index (χ3n) is 5.83. The van der Waals surface area contributed by atoms with E-state index < -0.39 is 0 Å². The minimum atomic E-state index is -0.0311. The van der Waals surface area contributed by atoms with Crippen LogP contribution in [-0.4, -0.2) is 36.0 Å².